The van der Waals surface area contributed by atoms with Gasteiger partial charge in [-0.25, -0.2) is 9.18 Å². The van der Waals surface area contributed by atoms with Gasteiger partial charge in [-0.15, -0.1) is 0 Å². The standard InChI is InChI=1S/C34H32ClFN2O4/c1-20-6-9-23(36)16-30(20)37-19-28-26(14-15-29-32(28)21(2)18-34(3,4)38-29)27-13-12-25(17-31(27)40-5)42-33(39)41-24-10-7-22(35)8-11-24/h6-18,37-38H,19H2,1-5H3. The highest BCUT2D eigenvalue weighted by atomic mass is 35.5. The molecule has 0 atom stereocenters. The van der Waals surface area contributed by atoms with E-state index in [1.54, 1.807) is 49.6 Å². The van der Waals surface area contributed by atoms with Gasteiger partial charge in [-0.3, -0.25) is 0 Å². The topological polar surface area (TPSA) is 68.8 Å². The number of halogens is 2. The summed E-state index contributed by atoms with van der Waals surface area (Å²) in [7, 11) is 1.57. The molecule has 0 bridgehead atoms. The van der Waals surface area contributed by atoms with E-state index in [2.05, 4.69) is 43.5 Å². The Labute approximate surface area is 250 Å². The molecule has 216 valence electrons. The summed E-state index contributed by atoms with van der Waals surface area (Å²) in [6.45, 7) is 8.73. The van der Waals surface area contributed by atoms with Crippen molar-refractivity contribution in [2.24, 2.45) is 0 Å². The molecule has 0 radical (unpaired) electrons. The van der Waals surface area contributed by atoms with Gasteiger partial charge in [0, 0.05) is 40.1 Å². The van der Waals surface area contributed by atoms with Gasteiger partial charge in [-0.1, -0.05) is 29.8 Å². The second kappa shape index (κ2) is 11.8. The summed E-state index contributed by atoms with van der Waals surface area (Å²) < 4.78 is 30.5. The Bertz CT molecular complexity index is 1680. The Balaban J connectivity index is 1.50. The number of fused-ring (bicyclic) bond motifs is 1. The summed E-state index contributed by atoms with van der Waals surface area (Å²) in [6.07, 6.45) is 1.32. The maximum Gasteiger partial charge on any atom is 0.519 e. The maximum absolute atomic E-state index is 14.1. The molecule has 8 heteroatoms. The van der Waals surface area contributed by atoms with Crippen LogP contribution in [0, 0.1) is 12.7 Å². The molecule has 0 saturated heterocycles. The Morgan fingerprint density at radius 1 is 0.929 bits per heavy atom. The number of nitrogens with one attached hydrogen (secondary N) is 2. The fourth-order valence-corrected chi connectivity index (χ4v) is 5.40. The van der Waals surface area contributed by atoms with E-state index in [0.717, 1.165) is 44.8 Å². The molecule has 0 amide bonds. The molecule has 42 heavy (non-hydrogen) atoms. The summed E-state index contributed by atoms with van der Waals surface area (Å²) in [4.78, 5) is 12.4. The van der Waals surface area contributed by atoms with Crippen LogP contribution in [0.3, 0.4) is 0 Å². The lowest BCUT2D eigenvalue weighted by molar-refractivity contribution is 0.152. The molecule has 0 spiro atoms. The fourth-order valence-electron chi connectivity index (χ4n) is 5.28. The van der Waals surface area contributed by atoms with E-state index >= 15 is 0 Å². The van der Waals surface area contributed by atoms with Crippen molar-refractivity contribution in [3.05, 3.63) is 106 Å². The number of aryl methyl sites for hydroxylation is 1. The number of carbonyl (C=O) groups is 1. The smallest absolute Gasteiger partial charge is 0.496 e. The first kappa shape index (κ1) is 29.0. The SMILES string of the molecule is COc1cc(OC(=O)Oc2ccc(Cl)cc2)ccc1-c1ccc2c(c1CNc1cc(F)ccc1C)C(C)=CC(C)(C)N2. The van der Waals surface area contributed by atoms with Crippen molar-refractivity contribution in [2.75, 3.05) is 17.7 Å². The number of allylic oxidation sites excluding steroid dienone is 1. The van der Waals surface area contributed by atoms with Crippen LogP contribution in [0.1, 0.15) is 37.5 Å². The molecule has 4 aromatic rings. The molecule has 0 unspecified atom stereocenters. The number of anilines is 2. The van der Waals surface area contributed by atoms with E-state index in [0.29, 0.717) is 23.1 Å². The number of rotatable bonds is 7. The zero-order valence-electron chi connectivity index (χ0n) is 24.1. The van der Waals surface area contributed by atoms with Gasteiger partial charge in [0.05, 0.1) is 12.6 Å². The molecule has 4 aromatic carbocycles. The number of ether oxygens (including phenoxy) is 3. The Morgan fingerprint density at radius 3 is 2.36 bits per heavy atom. The minimum atomic E-state index is -0.884. The van der Waals surface area contributed by atoms with Crippen LogP contribution in [0.5, 0.6) is 17.2 Å². The van der Waals surface area contributed by atoms with Gasteiger partial charge in [0.2, 0.25) is 0 Å². The molecule has 5 rings (SSSR count). The molecule has 1 heterocycles. The van der Waals surface area contributed by atoms with Crippen molar-refractivity contribution in [1.29, 1.82) is 0 Å². The van der Waals surface area contributed by atoms with Gasteiger partial charge >= 0.3 is 6.16 Å². The molecule has 6 nitrogen and oxygen atoms in total. The Kier molecular flexibility index (Phi) is 8.14. The van der Waals surface area contributed by atoms with E-state index in [-0.39, 0.29) is 17.1 Å². The lowest BCUT2D eigenvalue weighted by Crippen LogP contribution is -2.32. The average Bonchev–Trinajstić information content (AvgIpc) is 2.94. The third-order valence-corrected chi connectivity index (χ3v) is 7.33. The van der Waals surface area contributed by atoms with Crippen LogP contribution in [0.4, 0.5) is 20.6 Å². The molecule has 1 aliphatic rings. The van der Waals surface area contributed by atoms with Crippen LogP contribution < -0.4 is 24.8 Å². The van der Waals surface area contributed by atoms with Crippen LogP contribution in [0.2, 0.25) is 5.02 Å². The summed E-state index contributed by atoms with van der Waals surface area (Å²) in [6, 6.07) is 20.4. The zero-order valence-corrected chi connectivity index (χ0v) is 24.9. The van der Waals surface area contributed by atoms with Gasteiger partial charge in [0.1, 0.15) is 23.1 Å². The van der Waals surface area contributed by atoms with Crippen LogP contribution in [-0.2, 0) is 6.54 Å². The van der Waals surface area contributed by atoms with Crippen molar-refractivity contribution in [3.63, 3.8) is 0 Å². The third kappa shape index (κ3) is 6.37. The molecule has 2 N–H and O–H groups in total. The van der Waals surface area contributed by atoms with E-state index in [4.69, 9.17) is 25.8 Å². The van der Waals surface area contributed by atoms with E-state index in [1.165, 1.54) is 12.1 Å². The highest BCUT2D eigenvalue weighted by Gasteiger charge is 2.27. The van der Waals surface area contributed by atoms with Crippen LogP contribution >= 0.6 is 11.6 Å². The first-order valence-corrected chi connectivity index (χ1v) is 13.9. The fraction of sp³-hybridized carbons (Fsp3) is 0.206. The van der Waals surface area contributed by atoms with Gasteiger partial charge in [0.25, 0.3) is 0 Å². The summed E-state index contributed by atoms with van der Waals surface area (Å²) >= 11 is 5.90. The van der Waals surface area contributed by atoms with Gasteiger partial charge < -0.3 is 24.8 Å². The predicted octanol–water partition coefficient (Wildman–Crippen LogP) is 9.26. The Morgan fingerprint density at radius 2 is 1.62 bits per heavy atom. The number of methoxy groups -OCH3 is 1. The van der Waals surface area contributed by atoms with E-state index in [1.807, 2.05) is 19.1 Å². The third-order valence-electron chi connectivity index (χ3n) is 7.08. The van der Waals surface area contributed by atoms with Crippen LogP contribution in [-0.4, -0.2) is 18.8 Å². The summed E-state index contributed by atoms with van der Waals surface area (Å²) in [5.41, 5.74) is 7.43. The highest BCUT2D eigenvalue weighted by molar-refractivity contribution is 6.30. The lowest BCUT2D eigenvalue weighted by Gasteiger charge is -2.33. The van der Waals surface area contributed by atoms with Gasteiger partial charge in [0.15, 0.2) is 0 Å². The first-order valence-electron chi connectivity index (χ1n) is 13.5. The minimum absolute atomic E-state index is 0.209. The second-order valence-corrected chi connectivity index (χ2v) is 11.2. The second-order valence-electron chi connectivity index (χ2n) is 10.8. The van der Waals surface area contributed by atoms with Crippen LogP contribution in [0.25, 0.3) is 16.7 Å². The van der Waals surface area contributed by atoms with Crippen molar-refractivity contribution >= 4 is 34.7 Å². The minimum Gasteiger partial charge on any atom is -0.496 e. The largest absolute Gasteiger partial charge is 0.519 e. The maximum atomic E-state index is 14.1. The molecular weight excluding hydrogens is 555 g/mol. The lowest BCUT2D eigenvalue weighted by atomic mass is 9.85. The van der Waals surface area contributed by atoms with Gasteiger partial charge in [-0.05, 0) is 105 Å². The molecule has 0 aromatic heterocycles. The first-order chi connectivity index (χ1) is 20.0. The molecule has 1 aliphatic heterocycles. The molecular formula is C34H32ClFN2O4. The normalized spacial score (nSPS) is 13.4. The Hall–Kier alpha value is -4.49. The number of hydrogen-bond donors (Lipinski definition) is 2. The summed E-state index contributed by atoms with van der Waals surface area (Å²) in [5, 5.41) is 7.59. The van der Waals surface area contributed by atoms with Crippen LogP contribution in [0.15, 0.2) is 78.9 Å². The zero-order chi connectivity index (χ0) is 30.0. The quantitative estimate of drug-likeness (QED) is 0.166. The average molecular weight is 587 g/mol. The number of benzene rings is 4. The van der Waals surface area contributed by atoms with Crippen molar-refractivity contribution in [3.8, 4) is 28.4 Å². The molecule has 0 aliphatic carbocycles. The number of hydrogen-bond acceptors (Lipinski definition) is 6. The van der Waals surface area contributed by atoms with Crippen molar-refractivity contribution in [2.45, 2.75) is 39.8 Å². The monoisotopic (exact) mass is 586 g/mol. The highest BCUT2D eigenvalue weighted by Crippen LogP contribution is 2.43. The van der Waals surface area contributed by atoms with Gasteiger partial charge in [-0.2, -0.15) is 0 Å². The van der Waals surface area contributed by atoms with Crippen molar-refractivity contribution < 1.29 is 23.4 Å². The number of carbonyl (C=O) groups excluding carboxylic acids is 1. The van der Waals surface area contributed by atoms with E-state index < -0.39 is 6.16 Å². The van der Waals surface area contributed by atoms with Crippen molar-refractivity contribution in [1.82, 2.24) is 0 Å². The van der Waals surface area contributed by atoms with E-state index in [9.17, 15) is 9.18 Å². The molecule has 0 fully saturated rings. The predicted molar refractivity (Wildman–Crippen MR) is 166 cm³/mol. The summed E-state index contributed by atoms with van der Waals surface area (Å²) in [5.74, 6) is 0.792. The molecule has 0 saturated carbocycles.